The standard InChI is InChI=1S/C14H15N/c1-3-15(2)11-12-8-9-13-6-4-5-7-14(13)10-12/h3-10H,1,11H2,2H3. The van der Waals surface area contributed by atoms with Crippen molar-refractivity contribution in [2.75, 3.05) is 7.05 Å². The summed E-state index contributed by atoms with van der Waals surface area (Å²) in [6.07, 6.45) is 1.84. The highest BCUT2D eigenvalue weighted by Gasteiger charge is 1.97. The Morgan fingerprint density at radius 3 is 2.60 bits per heavy atom. The van der Waals surface area contributed by atoms with Crippen molar-refractivity contribution in [1.29, 1.82) is 0 Å². The molecule has 0 N–H and O–H groups in total. The summed E-state index contributed by atoms with van der Waals surface area (Å²) in [7, 11) is 2.03. The molecule has 0 amide bonds. The first-order valence-electron chi connectivity index (χ1n) is 5.10. The second-order valence-electron chi connectivity index (χ2n) is 3.78. The van der Waals surface area contributed by atoms with Crippen molar-refractivity contribution in [3.63, 3.8) is 0 Å². The lowest BCUT2D eigenvalue weighted by Crippen LogP contribution is -2.08. The number of fused-ring (bicyclic) bond motifs is 1. The molecule has 0 aliphatic heterocycles. The summed E-state index contributed by atoms with van der Waals surface area (Å²) in [6, 6.07) is 15.0. The van der Waals surface area contributed by atoms with Gasteiger partial charge in [-0.3, -0.25) is 0 Å². The molecular weight excluding hydrogens is 182 g/mol. The van der Waals surface area contributed by atoms with Gasteiger partial charge in [0, 0.05) is 13.6 Å². The normalized spacial score (nSPS) is 10.2. The topological polar surface area (TPSA) is 3.24 Å². The number of benzene rings is 2. The molecule has 0 radical (unpaired) electrons. The van der Waals surface area contributed by atoms with Crippen LogP contribution in [0.2, 0.25) is 0 Å². The maximum Gasteiger partial charge on any atom is 0.0420 e. The van der Waals surface area contributed by atoms with Crippen LogP contribution in [0.4, 0.5) is 0 Å². The molecule has 0 saturated heterocycles. The minimum absolute atomic E-state index is 0.911. The monoisotopic (exact) mass is 197 g/mol. The average Bonchev–Trinajstić information content (AvgIpc) is 2.29. The zero-order valence-corrected chi connectivity index (χ0v) is 8.98. The third-order valence-electron chi connectivity index (χ3n) is 2.56. The van der Waals surface area contributed by atoms with E-state index in [9.17, 15) is 0 Å². The van der Waals surface area contributed by atoms with E-state index in [1.165, 1.54) is 16.3 Å². The van der Waals surface area contributed by atoms with Gasteiger partial charge in [0.05, 0.1) is 0 Å². The molecule has 0 bridgehead atoms. The summed E-state index contributed by atoms with van der Waals surface area (Å²) >= 11 is 0. The zero-order chi connectivity index (χ0) is 10.7. The van der Waals surface area contributed by atoms with E-state index in [1.54, 1.807) is 0 Å². The summed E-state index contributed by atoms with van der Waals surface area (Å²) in [5.41, 5.74) is 1.32. The largest absolute Gasteiger partial charge is 0.377 e. The van der Waals surface area contributed by atoms with Crippen molar-refractivity contribution in [3.05, 3.63) is 60.8 Å². The molecule has 2 rings (SSSR count). The minimum Gasteiger partial charge on any atom is -0.377 e. The molecule has 2 aromatic carbocycles. The van der Waals surface area contributed by atoms with Gasteiger partial charge >= 0.3 is 0 Å². The van der Waals surface area contributed by atoms with Gasteiger partial charge in [-0.05, 0) is 28.6 Å². The maximum atomic E-state index is 3.75. The van der Waals surface area contributed by atoms with E-state index in [0.29, 0.717) is 0 Å². The van der Waals surface area contributed by atoms with Gasteiger partial charge in [-0.15, -0.1) is 0 Å². The molecule has 0 fully saturated rings. The summed E-state index contributed by atoms with van der Waals surface area (Å²) < 4.78 is 0. The highest BCUT2D eigenvalue weighted by molar-refractivity contribution is 5.82. The Bertz CT molecular complexity index is 473. The molecule has 0 aliphatic carbocycles. The highest BCUT2D eigenvalue weighted by Crippen LogP contribution is 2.16. The van der Waals surface area contributed by atoms with Crippen LogP contribution in [0.15, 0.2) is 55.2 Å². The minimum atomic E-state index is 0.911. The Morgan fingerprint density at radius 1 is 1.13 bits per heavy atom. The van der Waals surface area contributed by atoms with Crippen LogP contribution in [0.3, 0.4) is 0 Å². The molecule has 0 saturated carbocycles. The van der Waals surface area contributed by atoms with Crippen LogP contribution in [0.25, 0.3) is 10.8 Å². The molecule has 1 nitrogen and oxygen atoms in total. The lowest BCUT2D eigenvalue weighted by atomic mass is 10.1. The summed E-state index contributed by atoms with van der Waals surface area (Å²) in [6.45, 7) is 4.66. The van der Waals surface area contributed by atoms with Crippen LogP contribution in [0.1, 0.15) is 5.56 Å². The van der Waals surface area contributed by atoms with Gasteiger partial charge in [-0.25, -0.2) is 0 Å². The van der Waals surface area contributed by atoms with E-state index in [2.05, 4.69) is 53.9 Å². The van der Waals surface area contributed by atoms with Gasteiger partial charge in [0.25, 0.3) is 0 Å². The molecule has 76 valence electrons. The average molecular weight is 197 g/mol. The smallest absolute Gasteiger partial charge is 0.0420 e. The van der Waals surface area contributed by atoms with E-state index >= 15 is 0 Å². The van der Waals surface area contributed by atoms with Crippen molar-refractivity contribution in [2.45, 2.75) is 6.54 Å². The molecule has 0 aromatic heterocycles. The fraction of sp³-hybridized carbons (Fsp3) is 0.143. The number of hydrogen-bond donors (Lipinski definition) is 0. The first kappa shape index (κ1) is 9.78. The van der Waals surface area contributed by atoms with Crippen molar-refractivity contribution < 1.29 is 0 Å². The third kappa shape index (κ3) is 2.18. The van der Waals surface area contributed by atoms with Crippen molar-refractivity contribution in [3.8, 4) is 0 Å². The van der Waals surface area contributed by atoms with Gasteiger partial charge < -0.3 is 4.90 Å². The molecule has 15 heavy (non-hydrogen) atoms. The molecule has 0 unspecified atom stereocenters. The number of hydrogen-bond acceptors (Lipinski definition) is 1. The first-order valence-corrected chi connectivity index (χ1v) is 5.10. The molecular formula is C14H15N. The highest BCUT2D eigenvalue weighted by atomic mass is 15.1. The summed E-state index contributed by atoms with van der Waals surface area (Å²) in [5, 5.41) is 2.59. The molecule has 0 aliphatic rings. The Balaban J connectivity index is 2.34. The Labute approximate surface area is 90.6 Å². The van der Waals surface area contributed by atoms with Gasteiger partial charge in [0.15, 0.2) is 0 Å². The van der Waals surface area contributed by atoms with Crippen LogP contribution >= 0.6 is 0 Å². The van der Waals surface area contributed by atoms with E-state index < -0.39 is 0 Å². The summed E-state index contributed by atoms with van der Waals surface area (Å²) in [5.74, 6) is 0. The molecule has 0 heterocycles. The predicted molar refractivity (Wildman–Crippen MR) is 65.6 cm³/mol. The number of nitrogens with zero attached hydrogens (tertiary/aromatic N) is 1. The van der Waals surface area contributed by atoms with Gasteiger partial charge in [0.2, 0.25) is 0 Å². The maximum absolute atomic E-state index is 3.75. The van der Waals surface area contributed by atoms with E-state index in [1.807, 2.05) is 13.2 Å². The van der Waals surface area contributed by atoms with Crippen molar-refractivity contribution >= 4 is 10.8 Å². The second-order valence-corrected chi connectivity index (χ2v) is 3.78. The molecule has 2 aromatic rings. The Hall–Kier alpha value is -1.76. The first-order chi connectivity index (χ1) is 7.29. The lowest BCUT2D eigenvalue weighted by molar-refractivity contribution is 0.452. The second kappa shape index (κ2) is 4.18. The quantitative estimate of drug-likeness (QED) is 0.728. The fourth-order valence-electron chi connectivity index (χ4n) is 1.69. The van der Waals surface area contributed by atoms with Crippen LogP contribution in [-0.2, 0) is 6.54 Å². The molecule has 1 heteroatoms. The van der Waals surface area contributed by atoms with Crippen molar-refractivity contribution in [1.82, 2.24) is 4.90 Å². The Kier molecular flexibility index (Phi) is 2.72. The zero-order valence-electron chi connectivity index (χ0n) is 8.98. The third-order valence-corrected chi connectivity index (χ3v) is 2.56. The van der Waals surface area contributed by atoms with Gasteiger partial charge in [-0.1, -0.05) is 43.0 Å². The fourth-order valence-corrected chi connectivity index (χ4v) is 1.69. The molecule has 0 atom stereocenters. The SMILES string of the molecule is C=CN(C)Cc1ccc2ccccc2c1. The van der Waals surface area contributed by atoms with Crippen LogP contribution in [-0.4, -0.2) is 11.9 Å². The predicted octanol–water partition coefficient (Wildman–Crippen LogP) is 3.42. The Morgan fingerprint density at radius 2 is 1.87 bits per heavy atom. The van der Waals surface area contributed by atoms with Crippen LogP contribution < -0.4 is 0 Å². The van der Waals surface area contributed by atoms with Crippen molar-refractivity contribution in [2.24, 2.45) is 0 Å². The lowest BCUT2D eigenvalue weighted by Gasteiger charge is -2.13. The van der Waals surface area contributed by atoms with Crippen LogP contribution in [0, 0.1) is 0 Å². The van der Waals surface area contributed by atoms with Crippen LogP contribution in [0.5, 0.6) is 0 Å². The molecule has 0 spiro atoms. The van der Waals surface area contributed by atoms with Gasteiger partial charge in [-0.2, -0.15) is 0 Å². The van der Waals surface area contributed by atoms with E-state index in [0.717, 1.165) is 6.54 Å². The van der Waals surface area contributed by atoms with Gasteiger partial charge in [0.1, 0.15) is 0 Å². The van der Waals surface area contributed by atoms with E-state index in [4.69, 9.17) is 0 Å². The summed E-state index contributed by atoms with van der Waals surface area (Å²) in [4.78, 5) is 2.07. The number of rotatable bonds is 3. The van der Waals surface area contributed by atoms with E-state index in [-0.39, 0.29) is 0 Å².